The number of likely N-dealkylation sites (tertiary alicyclic amines) is 1. The predicted octanol–water partition coefficient (Wildman–Crippen LogP) is -0.0217. The maximum atomic E-state index is 13.4. The molecule has 0 unspecified atom stereocenters. The van der Waals surface area contributed by atoms with Crippen molar-refractivity contribution in [1.29, 1.82) is 0 Å². The summed E-state index contributed by atoms with van der Waals surface area (Å²) in [5.74, 6) is -4.09. The predicted molar refractivity (Wildman–Crippen MR) is 54.9 cm³/mol. The van der Waals surface area contributed by atoms with E-state index in [2.05, 4.69) is 9.26 Å². The molecule has 0 saturated carbocycles. The number of hydrogen-bond acceptors (Lipinski definition) is 4. The van der Waals surface area contributed by atoms with Crippen LogP contribution in [0.3, 0.4) is 0 Å². The number of phosphoric ester groups is 1. The molecule has 0 bridgehead atoms. The summed E-state index contributed by atoms with van der Waals surface area (Å²) in [5.41, 5.74) is 0. The minimum absolute atomic E-state index is 0.0252. The summed E-state index contributed by atoms with van der Waals surface area (Å²) in [6.07, 6.45) is -1.31. The van der Waals surface area contributed by atoms with Gasteiger partial charge in [-0.1, -0.05) is 0 Å². The topological polar surface area (TPSA) is 96.3 Å². The van der Waals surface area contributed by atoms with Gasteiger partial charge in [0.05, 0.1) is 6.54 Å². The number of methoxy groups -OCH3 is 1. The van der Waals surface area contributed by atoms with Crippen molar-refractivity contribution in [2.75, 3.05) is 26.8 Å². The van der Waals surface area contributed by atoms with Gasteiger partial charge < -0.3 is 19.4 Å². The summed E-state index contributed by atoms with van der Waals surface area (Å²) in [6.45, 7) is -1.76. The van der Waals surface area contributed by atoms with E-state index in [-0.39, 0.29) is 13.0 Å². The summed E-state index contributed by atoms with van der Waals surface area (Å²) >= 11 is 0. The molecule has 1 aliphatic heterocycles. The van der Waals surface area contributed by atoms with E-state index in [4.69, 9.17) is 9.79 Å². The second-order valence-electron chi connectivity index (χ2n) is 3.85. The van der Waals surface area contributed by atoms with Gasteiger partial charge in [0.1, 0.15) is 12.7 Å². The van der Waals surface area contributed by atoms with Crippen LogP contribution in [0.5, 0.6) is 0 Å². The molecule has 1 rings (SSSR count). The molecule has 0 aliphatic carbocycles. The molecule has 0 aromatic rings. The maximum Gasteiger partial charge on any atom is 0.470 e. The molecular formula is C8H14F2NO6P. The Labute approximate surface area is 102 Å². The summed E-state index contributed by atoms with van der Waals surface area (Å²) in [7, 11) is -3.62. The average Bonchev–Trinajstić information content (AvgIpc) is 2.23. The molecule has 1 atom stereocenters. The lowest BCUT2D eigenvalue weighted by atomic mass is 10.0. The molecule has 0 aromatic heterocycles. The van der Waals surface area contributed by atoms with E-state index in [1.54, 1.807) is 0 Å². The molecule has 0 aromatic carbocycles. The summed E-state index contributed by atoms with van der Waals surface area (Å²) in [6, 6.07) is 0. The van der Waals surface area contributed by atoms with Crippen LogP contribution in [0.15, 0.2) is 0 Å². The highest BCUT2D eigenvalue weighted by Gasteiger charge is 2.46. The van der Waals surface area contributed by atoms with Gasteiger partial charge in [0.25, 0.3) is 5.92 Å². The minimum Gasteiger partial charge on any atom is -0.375 e. The van der Waals surface area contributed by atoms with E-state index in [0.717, 1.165) is 12.0 Å². The van der Waals surface area contributed by atoms with Crippen molar-refractivity contribution in [2.45, 2.75) is 18.4 Å². The first-order valence-electron chi connectivity index (χ1n) is 5.04. The van der Waals surface area contributed by atoms with Gasteiger partial charge in [-0.25, -0.2) is 13.3 Å². The van der Waals surface area contributed by atoms with Crippen molar-refractivity contribution in [3.8, 4) is 0 Å². The molecule has 1 aliphatic rings. The number of rotatable bonds is 4. The first-order valence-corrected chi connectivity index (χ1v) is 6.57. The van der Waals surface area contributed by atoms with Gasteiger partial charge in [0.2, 0.25) is 5.91 Å². The van der Waals surface area contributed by atoms with Crippen LogP contribution in [0.2, 0.25) is 0 Å². The molecule has 7 nitrogen and oxygen atoms in total. The lowest BCUT2D eigenvalue weighted by Crippen LogP contribution is -2.54. The Morgan fingerprint density at radius 2 is 2.17 bits per heavy atom. The van der Waals surface area contributed by atoms with Crippen LogP contribution < -0.4 is 0 Å². The normalized spacial score (nSPS) is 24.1. The Morgan fingerprint density at radius 3 is 2.61 bits per heavy atom. The highest BCUT2D eigenvalue weighted by atomic mass is 31.2. The summed E-state index contributed by atoms with van der Waals surface area (Å²) < 4.78 is 45.8. The maximum absolute atomic E-state index is 13.4. The average molecular weight is 289 g/mol. The van der Waals surface area contributed by atoms with Gasteiger partial charge in [-0.15, -0.1) is 0 Å². The van der Waals surface area contributed by atoms with E-state index < -0.39 is 38.9 Å². The van der Waals surface area contributed by atoms with Gasteiger partial charge in [-0.3, -0.25) is 9.32 Å². The van der Waals surface area contributed by atoms with Crippen LogP contribution in [0.4, 0.5) is 8.78 Å². The van der Waals surface area contributed by atoms with Crippen LogP contribution in [0.1, 0.15) is 6.42 Å². The number of hydrogen-bond donors (Lipinski definition) is 2. The SMILES string of the molecule is CO[C@H]1CCN(C(=O)COP(=O)(O)O)CC1(F)F. The highest BCUT2D eigenvalue weighted by molar-refractivity contribution is 7.46. The van der Waals surface area contributed by atoms with Gasteiger partial charge in [-0.05, 0) is 6.42 Å². The Morgan fingerprint density at radius 1 is 1.56 bits per heavy atom. The summed E-state index contributed by atoms with van der Waals surface area (Å²) in [5, 5.41) is 0. The van der Waals surface area contributed by atoms with Crippen molar-refractivity contribution < 1.29 is 37.2 Å². The number of halogens is 2. The fraction of sp³-hybridized carbons (Fsp3) is 0.875. The van der Waals surface area contributed by atoms with Gasteiger partial charge >= 0.3 is 7.82 Å². The number of carbonyl (C=O) groups excluding carboxylic acids is 1. The molecule has 106 valence electrons. The number of alkyl halides is 2. The second-order valence-corrected chi connectivity index (χ2v) is 5.09. The van der Waals surface area contributed by atoms with Crippen LogP contribution >= 0.6 is 7.82 Å². The van der Waals surface area contributed by atoms with Crippen molar-refractivity contribution in [1.82, 2.24) is 4.90 Å². The van der Waals surface area contributed by atoms with E-state index in [1.807, 2.05) is 0 Å². The molecular weight excluding hydrogens is 275 g/mol. The first kappa shape index (κ1) is 15.5. The lowest BCUT2D eigenvalue weighted by Gasteiger charge is -2.37. The standard InChI is InChI=1S/C8H14F2NO6P/c1-16-6-2-3-11(5-8(6,9)10)7(12)4-17-18(13,14)15/h6H,2-5H2,1H3,(H2,13,14,15)/t6-/m0/s1. The van der Waals surface area contributed by atoms with E-state index in [0.29, 0.717) is 0 Å². The van der Waals surface area contributed by atoms with Gasteiger partial charge in [-0.2, -0.15) is 0 Å². The van der Waals surface area contributed by atoms with Crippen molar-refractivity contribution in [2.24, 2.45) is 0 Å². The Bertz CT molecular complexity index is 359. The fourth-order valence-corrected chi connectivity index (χ4v) is 1.93. The monoisotopic (exact) mass is 289 g/mol. The molecule has 0 radical (unpaired) electrons. The molecule has 2 N–H and O–H groups in total. The van der Waals surface area contributed by atoms with E-state index in [1.165, 1.54) is 0 Å². The zero-order valence-corrected chi connectivity index (χ0v) is 10.5. The van der Waals surface area contributed by atoms with Crippen molar-refractivity contribution >= 4 is 13.7 Å². The zero-order chi connectivity index (χ0) is 14.0. The largest absolute Gasteiger partial charge is 0.470 e. The summed E-state index contributed by atoms with van der Waals surface area (Å²) in [4.78, 5) is 29.0. The molecule has 1 heterocycles. The fourth-order valence-electron chi connectivity index (χ4n) is 1.65. The quantitative estimate of drug-likeness (QED) is 0.706. The molecule has 10 heteroatoms. The third-order valence-electron chi connectivity index (χ3n) is 2.53. The smallest absolute Gasteiger partial charge is 0.375 e. The number of ether oxygens (including phenoxy) is 1. The van der Waals surface area contributed by atoms with Crippen molar-refractivity contribution in [3.63, 3.8) is 0 Å². The minimum atomic E-state index is -4.78. The molecule has 1 fully saturated rings. The molecule has 1 amide bonds. The molecule has 0 spiro atoms. The van der Waals surface area contributed by atoms with Crippen LogP contribution in [-0.2, 0) is 18.6 Å². The Kier molecular flexibility index (Phi) is 4.79. The third kappa shape index (κ3) is 4.25. The highest BCUT2D eigenvalue weighted by Crippen LogP contribution is 2.36. The Balaban J connectivity index is 2.54. The van der Waals surface area contributed by atoms with E-state index in [9.17, 15) is 18.1 Å². The lowest BCUT2D eigenvalue weighted by molar-refractivity contribution is -0.173. The second kappa shape index (κ2) is 5.58. The molecule has 18 heavy (non-hydrogen) atoms. The van der Waals surface area contributed by atoms with Gasteiger partial charge in [0.15, 0.2) is 0 Å². The number of amides is 1. The number of nitrogens with zero attached hydrogens (tertiary/aromatic N) is 1. The number of piperidine rings is 1. The van der Waals surface area contributed by atoms with Crippen molar-refractivity contribution in [3.05, 3.63) is 0 Å². The number of carbonyl (C=O) groups is 1. The van der Waals surface area contributed by atoms with E-state index >= 15 is 0 Å². The zero-order valence-electron chi connectivity index (χ0n) is 9.58. The first-order chi connectivity index (χ1) is 8.15. The van der Waals surface area contributed by atoms with Gasteiger partial charge in [0, 0.05) is 13.7 Å². The third-order valence-corrected chi connectivity index (χ3v) is 2.99. The van der Waals surface area contributed by atoms with Crippen LogP contribution in [0, 0.1) is 0 Å². The van der Waals surface area contributed by atoms with Crippen LogP contribution in [0.25, 0.3) is 0 Å². The van der Waals surface area contributed by atoms with Crippen LogP contribution in [-0.4, -0.2) is 59.4 Å². The number of phosphoric acid groups is 1. The molecule has 1 saturated heterocycles. The Hall–Kier alpha value is -0.600.